The van der Waals surface area contributed by atoms with Crippen molar-refractivity contribution in [3.63, 3.8) is 0 Å². The third kappa shape index (κ3) is 3.45. The Kier molecular flexibility index (Phi) is 5.09. The van der Waals surface area contributed by atoms with Crippen LogP contribution in [0, 0.1) is 30.6 Å². The van der Waals surface area contributed by atoms with Gasteiger partial charge in [-0.15, -0.1) is 0 Å². The number of nitrogens with zero attached hydrogens (tertiary/aromatic N) is 1. The number of amides is 3. The second-order valence-electron chi connectivity index (χ2n) is 9.09. The highest BCUT2D eigenvalue weighted by Crippen LogP contribution is 2.56. The highest BCUT2D eigenvalue weighted by atomic mass is 35.5. The zero-order valence-corrected chi connectivity index (χ0v) is 18.1. The minimum atomic E-state index is -0.884. The predicted octanol–water partition coefficient (Wildman–Crippen LogP) is 4.23. The van der Waals surface area contributed by atoms with Crippen LogP contribution in [-0.4, -0.2) is 28.7 Å². The SMILES string of the molecule is Cc1ccc(Cl)cc1NC(=O)[C@H](Cc1ccccc1)N1C(=O)[C@H]2[C@H]3CC[C@@H](C3)[C@@H]2C1=O. The summed E-state index contributed by atoms with van der Waals surface area (Å²) in [6, 6.07) is 13.9. The number of nitrogens with one attached hydrogen (secondary N) is 1. The van der Waals surface area contributed by atoms with Crippen molar-refractivity contribution in [3.8, 4) is 0 Å². The molecule has 3 fully saturated rings. The van der Waals surface area contributed by atoms with Gasteiger partial charge in [-0.1, -0.05) is 48.0 Å². The molecule has 5 rings (SSSR count). The largest absolute Gasteiger partial charge is 0.324 e. The highest BCUT2D eigenvalue weighted by Gasteiger charge is 2.62. The lowest BCUT2D eigenvalue weighted by atomic mass is 9.81. The molecule has 2 bridgehead atoms. The van der Waals surface area contributed by atoms with Crippen LogP contribution in [0.15, 0.2) is 48.5 Å². The first kappa shape index (κ1) is 20.3. The molecule has 6 heteroatoms. The van der Waals surface area contributed by atoms with E-state index in [4.69, 9.17) is 11.6 Å². The smallest absolute Gasteiger partial charge is 0.248 e. The van der Waals surface area contributed by atoms with Crippen molar-refractivity contribution in [2.75, 3.05) is 5.32 Å². The van der Waals surface area contributed by atoms with Crippen molar-refractivity contribution in [1.82, 2.24) is 4.90 Å². The van der Waals surface area contributed by atoms with E-state index in [2.05, 4.69) is 5.32 Å². The molecule has 0 radical (unpaired) electrons. The molecule has 1 N–H and O–H groups in total. The third-order valence-corrected chi connectivity index (χ3v) is 7.54. The lowest BCUT2D eigenvalue weighted by Gasteiger charge is -2.27. The van der Waals surface area contributed by atoms with Crippen LogP contribution in [0.2, 0.25) is 5.02 Å². The highest BCUT2D eigenvalue weighted by molar-refractivity contribution is 6.31. The molecule has 5 atom stereocenters. The molecule has 2 aromatic rings. The van der Waals surface area contributed by atoms with Crippen molar-refractivity contribution in [2.24, 2.45) is 23.7 Å². The minimum absolute atomic E-state index is 0.166. The summed E-state index contributed by atoms with van der Waals surface area (Å²) in [4.78, 5) is 41.5. The lowest BCUT2D eigenvalue weighted by molar-refractivity contribution is -0.147. The van der Waals surface area contributed by atoms with Gasteiger partial charge < -0.3 is 5.32 Å². The summed E-state index contributed by atoms with van der Waals surface area (Å²) >= 11 is 6.12. The summed E-state index contributed by atoms with van der Waals surface area (Å²) in [5, 5.41) is 3.44. The lowest BCUT2D eigenvalue weighted by Crippen LogP contribution is -2.49. The number of hydrogen-bond acceptors (Lipinski definition) is 3. The van der Waals surface area contributed by atoms with Crippen LogP contribution < -0.4 is 5.32 Å². The zero-order valence-electron chi connectivity index (χ0n) is 17.4. The molecular formula is C25H25ClN2O3. The predicted molar refractivity (Wildman–Crippen MR) is 118 cm³/mol. The fourth-order valence-electron chi connectivity index (χ4n) is 5.82. The van der Waals surface area contributed by atoms with Crippen LogP contribution in [-0.2, 0) is 20.8 Å². The van der Waals surface area contributed by atoms with Crippen LogP contribution in [0.5, 0.6) is 0 Å². The second-order valence-corrected chi connectivity index (χ2v) is 9.52. The Labute approximate surface area is 186 Å². The number of fused-ring (bicyclic) bond motifs is 5. The van der Waals surface area contributed by atoms with Gasteiger partial charge in [0.15, 0.2) is 0 Å². The van der Waals surface area contributed by atoms with Gasteiger partial charge in [0, 0.05) is 17.1 Å². The quantitative estimate of drug-likeness (QED) is 0.713. The Hall–Kier alpha value is -2.66. The van der Waals surface area contributed by atoms with E-state index in [1.54, 1.807) is 12.1 Å². The maximum atomic E-state index is 13.5. The van der Waals surface area contributed by atoms with Gasteiger partial charge in [-0.25, -0.2) is 0 Å². The topological polar surface area (TPSA) is 66.5 Å². The summed E-state index contributed by atoms with van der Waals surface area (Å²) in [7, 11) is 0. The molecule has 1 saturated heterocycles. The molecule has 2 aliphatic carbocycles. The first-order valence-electron chi connectivity index (χ1n) is 10.9. The normalized spacial score (nSPS) is 27.5. The number of anilines is 1. The Balaban J connectivity index is 1.47. The fraction of sp³-hybridized carbons (Fsp3) is 0.400. The number of imide groups is 1. The molecule has 0 unspecified atom stereocenters. The molecule has 3 aliphatic rings. The summed E-state index contributed by atoms with van der Waals surface area (Å²) in [5.41, 5.74) is 2.37. The van der Waals surface area contributed by atoms with Gasteiger partial charge in [0.2, 0.25) is 17.7 Å². The average Bonchev–Trinajstić information content (AvgIpc) is 3.44. The first-order chi connectivity index (χ1) is 14.9. The number of aryl methyl sites for hydroxylation is 1. The number of likely N-dealkylation sites (tertiary alicyclic amines) is 1. The third-order valence-electron chi connectivity index (χ3n) is 7.31. The van der Waals surface area contributed by atoms with E-state index >= 15 is 0 Å². The number of benzene rings is 2. The standard InChI is InChI=1S/C25H25ClN2O3/c1-14-7-10-18(26)13-19(14)27-23(29)20(11-15-5-3-2-4-6-15)28-24(30)21-16-8-9-17(12-16)22(21)25(28)31/h2-7,10,13,16-17,20-22H,8-9,11-12H2,1H3,(H,27,29)/t16-,17-,20-,21-,22-/m0/s1. The van der Waals surface area contributed by atoms with E-state index in [0.717, 1.165) is 30.4 Å². The van der Waals surface area contributed by atoms with Gasteiger partial charge in [0.05, 0.1) is 11.8 Å². The van der Waals surface area contributed by atoms with Gasteiger partial charge in [-0.05, 0) is 61.3 Å². The van der Waals surface area contributed by atoms with Gasteiger partial charge in [-0.2, -0.15) is 0 Å². The van der Waals surface area contributed by atoms with E-state index in [1.807, 2.05) is 43.3 Å². The molecule has 31 heavy (non-hydrogen) atoms. The second kappa shape index (κ2) is 7.79. The van der Waals surface area contributed by atoms with Crippen molar-refractivity contribution >= 4 is 35.0 Å². The Morgan fingerprint density at radius 1 is 1.06 bits per heavy atom. The van der Waals surface area contributed by atoms with E-state index < -0.39 is 6.04 Å². The monoisotopic (exact) mass is 436 g/mol. The Bertz CT molecular complexity index is 1030. The van der Waals surface area contributed by atoms with Crippen molar-refractivity contribution < 1.29 is 14.4 Å². The molecule has 3 amide bonds. The van der Waals surface area contributed by atoms with Crippen LogP contribution in [0.3, 0.4) is 0 Å². The maximum Gasteiger partial charge on any atom is 0.248 e. The summed E-state index contributed by atoms with van der Waals surface area (Å²) in [6.07, 6.45) is 3.28. The number of hydrogen-bond donors (Lipinski definition) is 1. The molecule has 1 heterocycles. The van der Waals surface area contributed by atoms with E-state index in [1.165, 1.54) is 4.90 Å². The maximum absolute atomic E-state index is 13.5. The molecule has 0 aromatic heterocycles. The number of halogens is 1. The fourth-order valence-corrected chi connectivity index (χ4v) is 5.99. The average molecular weight is 437 g/mol. The van der Waals surface area contributed by atoms with E-state index in [9.17, 15) is 14.4 Å². The molecule has 0 spiro atoms. The number of carbonyl (C=O) groups excluding carboxylic acids is 3. The molecule has 160 valence electrons. The Morgan fingerprint density at radius 2 is 1.71 bits per heavy atom. The van der Waals surface area contributed by atoms with Crippen molar-refractivity contribution in [1.29, 1.82) is 0 Å². The van der Waals surface area contributed by atoms with Gasteiger partial charge in [0.1, 0.15) is 6.04 Å². The molecule has 5 nitrogen and oxygen atoms in total. The summed E-state index contributed by atoms with van der Waals surface area (Å²) in [6.45, 7) is 1.88. The summed E-state index contributed by atoms with van der Waals surface area (Å²) < 4.78 is 0. The van der Waals surface area contributed by atoms with Crippen LogP contribution in [0.1, 0.15) is 30.4 Å². The number of rotatable bonds is 5. The van der Waals surface area contributed by atoms with E-state index in [0.29, 0.717) is 17.1 Å². The minimum Gasteiger partial charge on any atom is -0.324 e. The van der Waals surface area contributed by atoms with Crippen LogP contribution in [0.4, 0.5) is 5.69 Å². The van der Waals surface area contributed by atoms with Crippen LogP contribution >= 0.6 is 11.6 Å². The summed E-state index contributed by atoms with van der Waals surface area (Å²) in [5.74, 6) is -0.611. The zero-order chi connectivity index (χ0) is 21.7. The van der Waals surface area contributed by atoms with Gasteiger partial charge in [-0.3, -0.25) is 19.3 Å². The number of carbonyl (C=O) groups is 3. The van der Waals surface area contributed by atoms with E-state index in [-0.39, 0.29) is 41.4 Å². The van der Waals surface area contributed by atoms with Gasteiger partial charge in [0.25, 0.3) is 0 Å². The molecule has 1 aliphatic heterocycles. The van der Waals surface area contributed by atoms with Crippen molar-refractivity contribution in [3.05, 3.63) is 64.7 Å². The first-order valence-corrected chi connectivity index (χ1v) is 11.3. The van der Waals surface area contributed by atoms with Crippen molar-refractivity contribution in [2.45, 2.75) is 38.6 Å². The van der Waals surface area contributed by atoms with Crippen LogP contribution in [0.25, 0.3) is 0 Å². The molecule has 2 saturated carbocycles. The Morgan fingerprint density at radius 3 is 2.35 bits per heavy atom. The molecular weight excluding hydrogens is 412 g/mol. The van der Waals surface area contributed by atoms with Gasteiger partial charge >= 0.3 is 0 Å². The molecule has 2 aromatic carbocycles.